The van der Waals surface area contributed by atoms with Crippen molar-refractivity contribution in [3.63, 3.8) is 0 Å². The normalized spacial score (nSPS) is 10.7. The van der Waals surface area contributed by atoms with Crippen molar-refractivity contribution in [1.29, 1.82) is 0 Å². The van der Waals surface area contributed by atoms with Crippen molar-refractivity contribution < 1.29 is 9.32 Å². The van der Waals surface area contributed by atoms with Crippen LogP contribution in [0.3, 0.4) is 0 Å². The van der Waals surface area contributed by atoms with Crippen LogP contribution < -0.4 is 11.1 Å². The molecule has 0 aliphatic rings. The summed E-state index contributed by atoms with van der Waals surface area (Å²) in [5, 5.41) is 6.71. The number of nitrogens with two attached hydrogens (primary N) is 1. The topological polar surface area (TPSA) is 97.3 Å². The number of likely N-dealkylation sites (N-methyl/N-ethyl adjacent to an activating group) is 1. The average molecular weight is 418 g/mol. The van der Waals surface area contributed by atoms with E-state index in [1.165, 1.54) is 11.3 Å². The molecule has 0 saturated heterocycles. The molecule has 1 aromatic carbocycles. The van der Waals surface area contributed by atoms with E-state index >= 15 is 0 Å². The molecule has 28 heavy (non-hydrogen) atoms. The molecule has 0 atom stereocenters. The van der Waals surface area contributed by atoms with E-state index in [0.717, 1.165) is 23.4 Å². The fourth-order valence-electron chi connectivity index (χ4n) is 2.48. The Hall–Kier alpha value is -2.68. The Bertz CT molecular complexity index is 967. The van der Waals surface area contributed by atoms with Crippen molar-refractivity contribution in [3.05, 3.63) is 63.6 Å². The second-order valence-electron chi connectivity index (χ2n) is 6.03. The first-order chi connectivity index (χ1) is 13.5. The lowest BCUT2D eigenvalue weighted by Gasteiger charge is -2.21. The lowest BCUT2D eigenvalue weighted by molar-refractivity contribution is 0.0950. The van der Waals surface area contributed by atoms with Crippen LogP contribution in [0.1, 0.15) is 21.1 Å². The summed E-state index contributed by atoms with van der Waals surface area (Å²) >= 11 is 7.05. The summed E-state index contributed by atoms with van der Waals surface area (Å²) in [7, 11) is 1.95. The summed E-state index contributed by atoms with van der Waals surface area (Å²) in [6, 6.07) is 11.0. The fraction of sp³-hybridized carbons (Fsp3) is 0.211. The molecule has 0 radical (unpaired) electrons. The first kappa shape index (κ1) is 20.1. The van der Waals surface area contributed by atoms with Gasteiger partial charge >= 0.3 is 0 Å². The number of nitrogens with one attached hydrogen (secondary N) is 1. The highest BCUT2D eigenvalue weighted by Crippen LogP contribution is 2.22. The van der Waals surface area contributed by atoms with Crippen molar-refractivity contribution >= 4 is 34.5 Å². The standard InChI is InChI=1S/C19H20ClN5O2S/c1-12(25(2)10-9-21)13-3-5-14(6-4-13)18-23-17(27-24-18)11-22-19(26)15-7-8-16(20)28-15/h3-8H,1,9-11,21H2,2H3,(H,22,26). The first-order valence-corrected chi connectivity index (χ1v) is 9.74. The SMILES string of the molecule is C=C(c1ccc(-c2noc(CNC(=O)c3ccc(Cl)s3)n2)cc1)N(C)CCN. The Kier molecular flexibility index (Phi) is 6.45. The van der Waals surface area contributed by atoms with Crippen molar-refractivity contribution in [2.45, 2.75) is 6.54 Å². The van der Waals surface area contributed by atoms with Crippen LogP contribution in [0.4, 0.5) is 0 Å². The van der Waals surface area contributed by atoms with Gasteiger partial charge < -0.3 is 20.5 Å². The van der Waals surface area contributed by atoms with Gasteiger partial charge in [-0.25, -0.2) is 0 Å². The molecule has 7 nitrogen and oxygen atoms in total. The highest BCUT2D eigenvalue weighted by atomic mass is 35.5. The maximum Gasteiger partial charge on any atom is 0.261 e. The largest absolute Gasteiger partial charge is 0.373 e. The van der Waals surface area contributed by atoms with Crippen LogP contribution in [0.2, 0.25) is 4.34 Å². The maximum atomic E-state index is 12.0. The molecule has 1 amide bonds. The van der Waals surface area contributed by atoms with Crippen LogP contribution in [0, 0.1) is 0 Å². The molecule has 3 rings (SSSR count). The summed E-state index contributed by atoms with van der Waals surface area (Å²) in [5.41, 5.74) is 8.28. The molecule has 0 unspecified atom stereocenters. The van der Waals surface area contributed by atoms with Gasteiger partial charge in [-0.2, -0.15) is 4.98 Å². The van der Waals surface area contributed by atoms with E-state index in [1.54, 1.807) is 12.1 Å². The summed E-state index contributed by atoms with van der Waals surface area (Å²) in [5.74, 6) is 0.541. The highest BCUT2D eigenvalue weighted by Gasteiger charge is 2.13. The Morgan fingerprint density at radius 2 is 2.07 bits per heavy atom. The molecule has 3 N–H and O–H groups in total. The molecule has 0 spiro atoms. The van der Waals surface area contributed by atoms with E-state index in [1.807, 2.05) is 36.2 Å². The number of thiophene rings is 1. The molecule has 9 heteroatoms. The Morgan fingerprint density at radius 1 is 1.32 bits per heavy atom. The van der Waals surface area contributed by atoms with Crippen LogP contribution in [0.5, 0.6) is 0 Å². The van der Waals surface area contributed by atoms with Gasteiger partial charge in [0.15, 0.2) is 0 Å². The molecule has 0 aliphatic heterocycles. The fourth-order valence-corrected chi connectivity index (χ4v) is 3.44. The zero-order chi connectivity index (χ0) is 20.1. The molecular formula is C19H20ClN5O2S. The average Bonchev–Trinajstić information content (AvgIpc) is 3.35. The highest BCUT2D eigenvalue weighted by molar-refractivity contribution is 7.17. The number of carbonyl (C=O) groups excluding carboxylic acids is 1. The number of hydrogen-bond donors (Lipinski definition) is 2. The quantitative estimate of drug-likeness (QED) is 0.584. The third-order valence-electron chi connectivity index (χ3n) is 4.07. The lowest BCUT2D eigenvalue weighted by Crippen LogP contribution is -2.23. The Morgan fingerprint density at radius 3 is 2.71 bits per heavy atom. The number of rotatable bonds is 8. The Balaban J connectivity index is 1.62. The van der Waals surface area contributed by atoms with Gasteiger partial charge in [-0.1, -0.05) is 47.6 Å². The van der Waals surface area contributed by atoms with Crippen molar-refractivity contribution in [1.82, 2.24) is 20.4 Å². The third-order valence-corrected chi connectivity index (χ3v) is 5.30. The zero-order valence-electron chi connectivity index (χ0n) is 15.3. The van der Waals surface area contributed by atoms with Crippen LogP contribution in [-0.4, -0.2) is 41.1 Å². The number of carbonyl (C=O) groups is 1. The smallest absolute Gasteiger partial charge is 0.261 e. The monoisotopic (exact) mass is 417 g/mol. The van der Waals surface area contributed by atoms with Crippen molar-refractivity contribution in [2.24, 2.45) is 5.73 Å². The number of hydrogen-bond acceptors (Lipinski definition) is 7. The molecule has 0 aliphatic carbocycles. The minimum atomic E-state index is -0.235. The molecular weight excluding hydrogens is 398 g/mol. The van der Waals surface area contributed by atoms with Gasteiger partial charge in [0.1, 0.15) is 0 Å². The predicted octanol–water partition coefficient (Wildman–Crippen LogP) is 3.24. The molecule has 3 aromatic rings. The molecule has 0 saturated carbocycles. The van der Waals surface area contributed by atoms with E-state index in [4.69, 9.17) is 21.9 Å². The summed E-state index contributed by atoms with van der Waals surface area (Å²) in [4.78, 5) is 18.9. The van der Waals surface area contributed by atoms with Gasteiger partial charge in [-0.15, -0.1) is 11.3 Å². The summed E-state index contributed by atoms with van der Waals surface area (Å²) in [6.07, 6.45) is 0. The molecule has 0 bridgehead atoms. The van der Waals surface area contributed by atoms with E-state index < -0.39 is 0 Å². The van der Waals surface area contributed by atoms with Gasteiger partial charge in [-0.05, 0) is 17.7 Å². The molecule has 2 aromatic heterocycles. The molecule has 146 valence electrons. The summed E-state index contributed by atoms with van der Waals surface area (Å²) < 4.78 is 5.78. The zero-order valence-corrected chi connectivity index (χ0v) is 16.9. The summed E-state index contributed by atoms with van der Waals surface area (Å²) in [6.45, 7) is 5.53. The minimum Gasteiger partial charge on any atom is -0.373 e. The van der Waals surface area contributed by atoms with Gasteiger partial charge in [0, 0.05) is 31.4 Å². The lowest BCUT2D eigenvalue weighted by atomic mass is 10.1. The second-order valence-corrected chi connectivity index (χ2v) is 7.75. The second kappa shape index (κ2) is 9.01. The van der Waals surface area contributed by atoms with Gasteiger partial charge in [-0.3, -0.25) is 4.79 Å². The molecule has 0 fully saturated rings. The van der Waals surface area contributed by atoms with Crippen molar-refractivity contribution in [3.8, 4) is 11.4 Å². The van der Waals surface area contributed by atoms with Crippen LogP contribution in [0.15, 0.2) is 47.5 Å². The number of amides is 1. The first-order valence-electron chi connectivity index (χ1n) is 8.55. The van der Waals surface area contributed by atoms with E-state index in [9.17, 15) is 4.79 Å². The van der Waals surface area contributed by atoms with Gasteiger partial charge in [0.25, 0.3) is 5.91 Å². The maximum absolute atomic E-state index is 12.0. The minimum absolute atomic E-state index is 0.139. The van der Waals surface area contributed by atoms with Gasteiger partial charge in [0.05, 0.1) is 15.8 Å². The van der Waals surface area contributed by atoms with Crippen LogP contribution >= 0.6 is 22.9 Å². The van der Waals surface area contributed by atoms with E-state index in [2.05, 4.69) is 22.0 Å². The van der Waals surface area contributed by atoms with E-state index in [-0.39, 0.29) is 12.5 Å². The number of benzene rings is 1. The Labute approximate surface area is 171 Å². The number of nitrogens with zero attached hydrogens (tertiary/aromatic N) is 3. The third kappa shape index (κ3) is 4.78. The van der Waals surface area contributed by atoms with Gasteiger partial charge in [0.2, 0.25) is 11.7 Å². The van der Waals surface area contributed by atoms with Crippen LogP contribution in [0.25, 0.3) is 17.1 Å². The van der Waals surface area contributed by atoms with E-state index in [0.29, 0.717) is 27.5 Å². The predicted molar refractivity (Wildman–Crippen MR) is 111 cm³/mol. The number of aromatic nitrogens is 2. The molecule has 2 heterocycles. The number of halogens is 1. The van der Waals surface area contributed by atoms with Crippen molar-refractivity contribution in [2.75, 3.05) is 20.1 Å². The van der Waals surface area contributed by atoms with Crippen LogP contribution in [-0.2, 0) is 6.54 Å².